The molecule has 0 bridgehead atoms. The van der Waals surface area contributed by atoms with Gasteiger partial charge in [0.2, 0.25) is 5.69 Å². The van der Waals surface area contributed by atoms with Gasteiger partial charge in [-0.05, 0) is 60.7 Å². The quantitative estimate of drug-likeness (QED) is 0.265. The molecular formula is C29H22ClN5O. The molecule has 7 heteroatoms. The SMILES string of the molecule is [C-]#[N+]c1cnc(C)nc1N[C@@H](C)c1cc2cccc(-c3ccc(Cl)cc3)c2c(=O)n1-c1ccccc1. The van der Waals surface area contributed by atoms with Gasteiger partial charge in [0.05, 0.1) is 18.0 Å². The van der Waals surface area contributed by atoms with Crippen LogP contribution in [0.3, 0.4) is 0 Å². The number of para-hydroxylation sites is 1. The maximum absolute atomic E-state index is 14.2. The maximum Gasteiger partial charge on any atom is 0.263 e. The zero-order chi connectivity index (χ0) is 25.2. The van der Waals surface area contributed by atoms with E-state index in [9.17, 15) is 4.79 Å². The van der Waals surface area contributed by atoms with Gasteiger partial charge in [0.15, 0.2) is 0 Å². The average Bonchev–Trinajstić information content (AvgIpc) is 2.89. The van der Waals surface area contributed by atoms with Gasteiger partial charge in [-0.15, -0.1) is 0 Å². The Morgan fingerprint density at radius 1 is 1.03 bits per heavy atom. The van der Waals surface area contributed by atoms with Crippen molar-refractivity contribution in [2.45, 2.75) is 19.9 Å². The van der Waals surface area contributed by atoms with Crippen LogP contribution in [-0.4, -0.2) is 14.5 Å². The monoisotopic (exact) mass is 491 g/mol. The number of pyridine rings is 1. The summed E-state index contributed by atoms with van der Waals surface area (Å²) in [6, 6.07) is 24.6. The molecule has 0 amide bonds. The minimum atomic E-state index is -0.337. The van der Waals surface area contributed by atoms with E-state index in [0.29, 0.717) is 27.7 Å². The second kappa shape index (κ2) is 9.65. The number of nitrogens with one attached hydrogen (secondary N) is 1. The minimum absolute atomic E-state index is 0.128. The molecule has 2 heterocycles. The lowest BCUT2D eigenvalue weighted by Crippen LogP contribution is -2.26. The summed E-state index contributed by atoms with van der Waals surface area (Å²) >= 11 is 6.11. The highest BCUT2D eigenvalue weighted by molar-refractivity contribution is 6.30. The molecular weight excluding hydrogens is 470 g/mol. The van der Waals surface area contributed by atoms with Crippen molar-refractivity contribution < 1.29 is 0 Å². The summed E-state index contributed by atoms with van der Waals surface area (Å²) in [7, 11) is 0. The minimum Gasteiger partial charge on any atom is -0.371 e. The van der Waals surface area contributed by atoms with Crippen molar-refractivity contribution in [2.75, 3.05) is 5.32 Å². The highest BCUT2D eigenvalue weighted by Gasteiger charge is 2.20. The molecule has 5 aromatic rings. The van der Waals surface area contributed by atoms with Crippen LogP contribution in [0.4, 0.5) is 11.5 Å². The molecule has 0 aliphatic rings. The van der Waals surface area contributed by atoms with Crippen molar-refractivity contribution >= 4 is 33.9 Å². The first-order chi connectivity index (χ1) is 17.5. The van der Waals surface area contributed by atoms with Crippen molar-refractivity contribution in [3.05, 3.63) is 123 Å². The fourth-order valence-corrected chi connectivity index (χ4v) is 4.47. The molecule has 5 rings (SSSR count). The van der Waals surface area contributed by atoms with Crippen LogP contribution >= 0.6 is 11.6 Å². The lowest BCUT2D eigenvalue weighted by molar-refractivity contribution is 0.772. The van der Waals surface area contributed by atoms with E-state index >= 15 is 0 Å². The molecule has 0 spiro atoms. The summed E-state index contributed by atoms with van der Waals surface area (Å²) < 4.78 is 1.73. The summed E-state index contributed by atoms with van der Waals surface area (Å²) in [4.78, 5) is 26.3. The van der Waals surface area contributed by atoms with Gasteiger partial charge in [0.1, 0.15) is 11.6 Å². The van der Waals surface area contributed by atoms with Gasteiger partial charge >= 0.3 is 0 Å². The van der Waals surface area contributed by atoms with Gasteiger partial charge in [-0.2, -0.15) is 0 Å². The molecule has 3 aromatic carbocycles. The number of anilines is 1. The number of nitrogens with zero attached hydrogens (tertiary/aromatic N) is 4. The largest absolute Gasteiger partial charge is 0.371 e. The molecule has 0 aliphatic heterocycles. The molecule has 0 radical (unpaired) electrons. The van der Waals surface area contributed by atoms with Crippen LogP contribution in [-0.2, 0) is 0 Å². The number of aryl methyl sites for hydroxylation is 1. The van der Waals surface area contributed by atoms with E-state index in [2.05, 4.69) is 20.1 Å². The maximum atomic E-state index is 14.2. The van der Waals surface area contributed by atoms with Crippen LogP contribution in [0.25, 0.3) is 32.4 Å². The van der Waals surface area contributed by atoms with E-state index in [0.717, 1.165) is 27.9 Å². The Hall–Kier alpha value is -4.47. The van der Waals surface area contributed by atoms with Crippen LogP contribution in [0.5, 0.6) is 0 Å². The first-order valence-electron chi connectivity index (χ1n) is 11.4. The van der Waals surface area contributed by atoms with Crippen LogP contribution < -0.4 is 10.9 Å². The standard InChI is InChI=1S/C29H22ClN5O/c1-18(33-28-25(31-3)17-32-19(2)34-28)26-16-21-8-7-11-24(20-12-14-22(30)15-13-20)27(21)29(36)35(26)23-9-5-4-6-10-23/h4-18H,1-2H3,(H,32,33,34)/t18-/m0/s1. The summed E-state index contributed by atoms with van der Waals surface area (Å²) in [6.07, 6.45) is 1.51. The van der Waals surface area contributed by atoms with Gasteiger partial charge in [0.25, 0.3) is 5.56 Å². The second-order valence-corrected chi connectivity index (χ2v) is 8.89. The Kier molecular flexibility index (Phi) is 6.24. The second-order valence-electron chi connectivity index (χ2n) is 8.45. The number of fused-ring (bicyclic) bond motifs is 1. The summed E-state index contributed by atoms with van der Waals surface area (Å²) in [5.74, 6) is 0.996. The Bertz CT molecular complexity index is 1670. The predicted octanol–water partition coefficient (Wildman–Crippen LogP) is 7.13. The van der Waals surface area contributed by atoms with E-state index < -0.39 is 0 Å². The topological polar surface area (TPSA) is 64.2 Å². The first kappa shape index (κ1) is 23.3. The molecule has 176 valence electrons. The predicted molar refractivity (Wildman–Crippen MR) is 145 cm³/mol. The molecule has 1 N–H and O–H groups in total. The number of benzene rings is 3. The van der Waals surface area contributed by atoms with E-state index in [1.165, 1.54) is 6.20 Å². The molecule has 0 saturated carbocycles. The van der Waals surface area contributed by atoms with E-state index in [1.54, 1.807) is 11.5 Å². The molecule has 2 aromatic heterocycles. The van der Waals surface area contributed by atoms with Crippen LogP contribution in [0.1, 0.15) is 24.5 Å². The van der Waals surface area contributed by atoms with Gasteiger partial charge in [-0.25, -0.2) is 9.83 Å². The Morgan fingerprint density at radius 2 is 1.78 bits per heavy atom. The third kappa shape index (κ3) is 4.33. The van der Waals surface area contributed by atoms with Crippen molar-refractivity contribution in [2.24, 2.45) is 0 Å². The van der Waals surface area contributed by atoms with Gasteiger partial charge in [-0.1, -0.05) is 60.1 Å². The van der Waals surface area contributed by atoms with E-state index in [4.69, 9.17) is 18.2 Å². The molecule has 0 aliphatic carbocycles. The molecule has 1 atom stereocenters. The van der Waals surface area contributed by atoms with E-state index in [-0.39, 0.29) is 11.6 Å². The fraction of sp³-hybridized carbons (Fsp3) is 0.103. The lowest BCUT2D eigenvalue weighted by atomic mass is 9.98. The van der Waals surface area contributed by atoms with Crippen LogP contribution in [0.15, 0.2) is 89.9 Å². The van der Waals surface area contributed by atoms with Crippen molar-refractivity contribution in [1.82, 2.24) is 14.5 Å². The number of hydrogen-bond acceptors (Lipinski definition) is 4. The highest BCUT2D eigenvalue weighted by Crippen LogP contribution is 2.32. The lowest BCUT2D eigenvalue weighted by Gasteiger charge is -2.22. The number of rotatable bonds is 5. The van der Waals surface area contributed by atoms with Gasteiger partial charge in [0, 0.05) is 22.6 Å². The number of halogens is 1. The van der Waals surface area contributed by atoms with Crippen molar-refractivity contribution in [1.29, 1.82) is 0 Å². The average molecular weight is 492 g/mol. The molecule has 0 unspecified atom stereocenters. The van der Waals surface area contributed by atoms with E-state index in [1.807, 2.05) is 85.8 Å². The van der Waals surface area contributed by atoms with Gasteiger partial charge in [-0.3, -0.25) is 14.3 Å². The summed E-state index contributed by atoms with van der Waals surface area (Å²) in [5, 5.41) is 5.43. The molecule has 0 fully saturated rings. The highest BCUT2D eigenvalue weighted by atomic mass is 35.5. The van der Waals surface area contributed by atoms with Crippen LogP contribution in [0.2, 0.25) is 5.02 Å². The third-order valence-corrected chi connectivity index (χ3v) is 6.30. The molecule has 36 heavy (non-hydrogen) atoms. The normalized spacial score (nSPS) is 11.7. The molecule has 6 nitrogen and oxygen atoms in total. The smallest absolute Gasteiger partial charge is 0.263 e. The van der Waals surface area contributed by atoms with Crippen LogP contribution in [0, 0.1) is 13.5 Å². The van der Waals surface area contributed by atoms with Crippen molar-refractivity contribution in [3.63, 3.8) is 0 Å². The zero-order valence-electron chi connectivity index (χ0n) is 19.7. The molecule has 0 saturated heterocycles. The first-order valence-corrected chi connectivity index (χ1v) is 11.8. The summed E-state index contributed by atoms with van der Waals surface area (Å²) in [6.45, 7) is 11.2. The summed E-state index contributed by atoms with van der Waals surface area (Å²) in [5.41, 5.74) is 3.46. The Labute approximate surface area is 213 Å². The Morgan fingerprint density at radius 3 is 2.50 bits per heavy atom. The Balaban J connectivity index is 1.74. The van der Waals surface area contributed by atoms with Crippen molar-refractivity contribution in [3.8, 4) is 16.8 Å². The van der Waals surface area contributed by atoms with Gasteiger partial charge < -0.3 is 5.32 Å². The third-order valence-electron chi connectivity index (χ3n) is 6.05. The number of hydrogen-bond donors (Lipinski definition) is 1. The zero-order valence-corrected chi connectivity index (χ0v) is 20.5. The fourth-order valence-electron chi connectivity index (χ4n) is 4.34. The number of aromatic nitrogens is 3.